The van der Waals surface area contributed by atoms with E-state index in [2.05, 4.69) is 5.32 Å². The van der Waals surface area contributed by atoms with Crippen molar-refractivity contribution in [2.45, 2.75) is 13.5 Å². The zero-order chi connectivity index (χ0) is 15.2. The molecule has 0 heterocycles. The topological polar surface area (TPSA) is 64.3 Å². The highest BCUT2D eigenvalue weighted by molar-refractivity contribution is 5.96. The second-order valence-corrected chi connectivity index (χ2v) is 4.48. The van der Waals surface area contributed by atoms with E-state index < -0.39 is 11.8 Å². The van der Waals surface area contributed by atoms with Crippen LogP contribution in [0.4, 0.5) is 15.8 Å². The quantitative estimate of drug-likeness (QED) is 0.655. The monoisotopic (exact) mass is 288 g/mol. The average molecular weight is 288 g/mol. The number of ether oxygens (including phenoxy) is 1. The van der Waals surface area contributed by atoms with Crippen molar-refractivity contribution in [2.24, 2.45) is 0 Å². The first-order valence-electron chi connectivity index (χ1n) is 6.65. The lowest BCUT2D eigenvalue weighted by atomic mass is 10.1. The van der Waals surface area contributed by atoms with Crippen molar-refractivity contribution in [1.29, 1.82) is 0 Å². The van der Waals surface area contributed by atoms with Gasteiger partial charge in [0, 0.05) is 12.2 Å². The van der Waals surface area contributed by atoms with Crippen LogP contribution in [0.1, 0.15) is 22.8 Å². The van der Waals surface area contributed by atoms with Gasteiger partial charge in [-0.1, -0.05) is 30.3 Å². The summed E-state index contributed by atoms with van der Waals surface area (Å²) < 4.78 is 18.8. The van der Waals surface area contributed by atoms with Gasteiger partial charge in [0.25, 0.3) is 0 Å². The van der Waals surface area contributed by atoms with Crippen molar-refractivity contribution in [1.82, 2.24) is 0 Å². The average Bonchev–Trinajstić information content (AvgIpc) is 2.47. The molecule has 0 unspecified atom stereocenters. The molecule has 3 N–H and O–H groups in total. The van der Waals surface area contributed by atoms with Crippen molar-refractivity contribution in [3.8, 4) is 0 Å². The van der Waals surface area contributed by atoms with Gasteiger partial charge in [0.15, 0.2) is 0 Å². The third kappa shape index (κ3) is 3.72. The van der Waals surface area contributed by atoms with Gasteiger partial charge in [0.2, 0.25) is 0 Å². The number of nitrogens with two attached hydrogens (primary N) is 1. The fraction of sp³-hybridized carbons (Fsp3) is 0.188. The molecule has 0 saturated heterocycles. The number of esters is 1. The summed E-state index contributed by atoms with van der Waals surface area (Å²) in [6, 6.07) is 12.1. The maximum absolute atomic E-state index is 13.9. The summed E-state index contributed by atoms with van der Waals surface area (Å²) in [5.74, 6) is -1.06. The highest BCUT2D eigenvalue weighted by atomic mass is 19.1. The van der Waals surface area contributed by atoms with Crippen molar-refractivity contribution < 1.29 is 13.9 Å². The molecular weight excluding hydrogens is 271 g/mol. The number of hydrogen-bond acceptors (Lipinski definition) is 4. The summed E-state index contributed by atoms with van der Waals surface area (Å²) in [7, 11) is 0. The smallest absolute Gasteiger partial charge is 0.340 e. The fourth-order valence-corrected chi connectivity index (χ4v) is 1.90. The number of benzene rings is 2. The number of nitrogen functional groups attached to an aromatic ring is 1. The molecule has 0 aromatic heterocycles. The van der Waals surface area contributed by atoms with E-state index >= 15 is 0 Å². The fourth-order valence-electron chi connectivity index (χ4n) is 1.90. The van der Waals surface area contributed by atoms with Crippen LogP contribution >= 0.6 is 0 Å². The van der Waals surface area contributed by atoms with Crippen molar-refractivity contribution in [3.63, 3.8) is 0 Å². The first kappa shape index (κ1) is 14.8. The number of carbonyl (C=O) groups excluding carboxylic acids is 1. The maximum Gasteiger partial charge on any atom is 0.340 e. The molecule has 4 nitrogen and oxygen atoms in total. The molecular formula is C16H17FN2O2. The summed E-state index contributed by atoms with van der Waals surface area (Å²) >= 11 is 0. The minimum absolute atomic E-state index is 0.0659. The van der Waals surface area contributed by atoms with Gasteiger partial charge < -0.3 is 15.8 Å². The van der Waals surface area contributed by atoms with Gasteiger partial charge in [-0.3, -0.25) is 0 Å². The third-order valence-electron chi connectivity index (χ3n) is 2.96. The number of hydrogen-bond donors (Lipinski definition) is 2. The van der Waals surface area contributed by atoms with Crippen LogP contribution in [0.15, 0.2) is 42.5 Å². The number of halogens is 1. The largest absolute Gasteiger partial charge is 0.462 e. The number of nitrogens with one attached hydrogen (secondary N) is 1. The van der Waals surface area contributed by atoms with Crippen molar-refractivity contribution >= 4 is 17.3 Å². The molecule has 0 aliphatic carbocycles. The van der Waals surface area contributed by atoms with Gasteiger partial charge in [-0.05, 0) is 24.6 Å². The minimum Gasteiger partial charge on any atom is -0.462 e. The molecule has 0 amide bonds. The molecule has 0 radical (unpaired) electrons. The number of anilines is 2. The van der Waals surface area contributed by atoms with Gasteiger partial charge in [-0.15, -0.1) is 0 Å². The van der Waals surface area contributed by atoms with Gasteiger partial charge in [-0.2, -0.15) is 0 Å². The second-order valence-electron chi connectivity index (χ2n) is 4.48. The van der Waals surface area contributed by atoms with E-state index in [4.69, 9.17) is 10.5 Å². The molecule has 2 rings (SSSR count). The Balaban J connectivity index is 2.19. The first-order valence-corrected chi connectivity index (χ1v) is 6.65. The lowest BCUT2D eigenvalue weighted by Gasteiger charge is -2.11. The molecule has 21 heavy (non-hydrogen) atoms. The van der Waals surface area contributed by atoms with Crippen LogP contribution in [0, 0.1) is 5.82 Å². The minimum atomic E-state index is -0.558. The Kier molecular flexibility index (Phi) is 4.77. The Morgan fingerprint density at radius 2 is 2.00 bits per heavy atom. The summed E-state index contributed by atoms with van der Waals surface area (Å²) in [6.45, 7) is 2.39. The van der Waals surface area contributed by atoms with E-state index in [0.717, 1.165) is 11.6 Å². The molecule has 0 fully saturated rings. The molecule has 0 saturated carbocycles. The Morgan fingerprint density at radius 3 is 2.67 bits per heavy atom. The molecule has 0 aliphatic heterocycles. The zero-order valence-corrected chi connectivity index (χ0v) is 11.7. The van der Waals surface area contributed by atoms with E-state index in [9.17, 15) is 9.18 Å². The van der Waals surface area contributed by atoms with E-state index in [1.54, 1.807) is 6.92 Å². The SMILES string of the molecule is CCOC(=O)c1cc(NCc2ccccc2)c(F)cc1N. The molecule has 0 bridgehead atoms. The summed E-state index contributed by atoms with van der Waals surface area (Å²) in [5.41, 5.74) is 7.11. The molecule has 0 spiro atoms. The van der Waals surface area contributed by atoms with Crippen molar-refractivity contribution in [3.05, 3.63) is 59.4 Å². The Labute approximate surface area is 122 Å². The number of carbonyl (C=O) groups is 1. The Hall–Kier alpha value is -2.56. The van der Waals surface area contributed by atoms with E-state index in [-0.39, 0.29) is 23.5 Å². The van der Waals surface area contributed by atoms with Crippen LogP contribution in [-0.2, 0) is 11.3 Å². The van der Waals surface area contributed by atoms with Crippen LogP contribution in [0.25, 0.3) is 0 Å². The lowest BCUT2D eigenvalue weighted by Crippen LogP contribution is -2.10. The van der Waals surface area contributed by atoms with E-state index in [0.29, 0.717) is 6.54 Å². The summed E-state index contributed by atoms with van der Waals surface area (Å²) in [4.78, 5) is 11.8. The van der Waals surface area contributed by atoms with E-state index in [1.165, 1.54) is 6.07 Å². The third-order valence-corrected chi connectivity index (χ3v) is 2.96. The van der Waals surface area contributed by atoms with Gasteiger partial charge in [0.05, 0.1) is 17.9 Å². The second kappa shape index (κ2) is 6.74. The molecule has 110 valence electrons. The van der Waals surface area contributed by atoms with Crippen molar-refractivity contribution in [2.75, 3.05) is 17.7 Å². The predicted molar refractivity (Wildman–Crippen MR) is 80.5 cm³/mol. The van der Waals surface area contributed by atoms with Crippen LogP contribution in [0.2, 0.25) is 0 Å². The predicted octanol–water partition coefficient (Wildman–Crippen LogP) is 3.20. The first-order chi connectivity index (χ1) is 10.1. The van der Waals surface area contributed by atoms with Crippen LogP contribution in [-0.4, -0.2) is 12.6 Å². The standard InChI is InChI=1S/C16H17FN2O2/c1-2-21-16(20)12-8-15(13(17)9-14(12)18)19-10-11-6-4-3-5-7-11/h3-9,19H,2,10,18H2,1H3. The highest BCUT2D eigenvalue weighted by Crippen LogP contribution is 2.23. The number of rotatable bonds is 5. The van der Waals surface area contributed by atoms with E-state index in [1.807, 2.05) is 30.3 Å². The summed E-state index contributed by atoms with van der Waals surface area (Å²) in [6.07, 6.45) is 0. The maximum atomic E-state index is 13.9. The van der Waals surface area contributed by atoms with Crippen LogP contribution < -0.4 is 11.1 Å². The Bertz CT molecular complexity index is 630. The molecule has 5 heteroatoms. The molecule has 0 aliphatic rings. The zero-order valence-electron chi connectivity index (χ0n) is 11.7. The summed E-state index contributed by atoms with van der Waals surface area (Å²) in [5, 5.41) is 2.96. The highest BCUT2D eigenvalue weighted by Gasteiger charge is 2.15. The molecule has 2 aromatic rings. The van der Waals surface area contributed by atoms with Gasteiger partial charge in [-0.25, -0.2) is 9.18 Å². The Morgan fingerprint density at radius 1 is 1.29 bits per heavy atom. The lowest BCUT2D eigenvalue weighted by molar-refractivity contribution is 0.0527. The molecule has 0 atom stereocenters. The molecule has 2 aromatic carbocycles. The normalized spacial score (nSPS) is 10.2. The van der Waals surface area contributed by atoms with Gasteiger partial charge in [0.1, 0.15) is 5.82 Å². The van der Waals surface area contributed by atoms with Gasteiger partial charge >= 0.3 is 5.97 Å². The van der Waals surface area contributed by atoms with Crippen LogP contribution in [0.3, 0.4) is 0 Å². The van der Waals surface area contributed by atoms with Crippen LogP contribution in [0.5, 0.6) is 0 Å².